The molecule has 1 fully saturated rings. The van der Waals surface area contributed by atoms with E-state index in [-0.39, 0.29) is 96.4 Å². The van der Waals surface area contributed by atoms with Crippen molar-refractivity contribution in [2.24, 2.45) is 17.8 Å². The van der Waals surface area contributed by atoms with Crippen LogP contribution in [0.4, 0.5) is 0 Å². The quantitative estimate of drug-likeness (QED) is 0.0207. The molecule has 0 aromatic carbocycles. The van der Waals surface area contributed by atoms with Crippen molar-refractivity contribution >= 4 is 22.3 Å². The van der Waals surface area contributed by atoms with E-state index in [2.05, 4.69) is 31.9 Å². The van der Waals surface area contributed by atoms with Crippen LogP contribution in [-0.4, -0.2) is 179 Å². The van der Waals surface area contributed by atoms with Crippen molar-refractivity contribution in [3.63, 3.8) is 0 Å². The first kappa shape index (κ1) is 77.5. The van der Waals surface area contributed by atoms with E-state index in [1.54, 1.807) is 6.92 Å². The molecule has 0 aliphatic heterocycles. The number of aliphatic carboxylic acids is 2. The van der Waals surface area contributed by atoms with Crippen molar-refractivity contribution < 1.29 is 162 Å². The van der Waals surface area contributed by atoms with Gasteiger partial charge >= 0.3 is 71.1 Å². The van der Waals surface area contributed by atoms with E-state index >= 15 is 0 Å². The van der Waals surface area contributed by atoms with Gasteiger partial charge in [0.1, 0.15) is 24.4 Å². The maximum absolute atomic E-state index is 10.1. The smallest absolute Gasteiger partial charge is 1.00 e. The van der Waals surface area contributed by atoms with Crippen LogP contribution in [0.15, 0.2) is 0 Å². The van der Waals surface area contributed by atoms with Crippen molar-refractivity contribution in [1.29, 1.82) is 0 Å². The zero-order valence-electron chi connectivity index (χ0n) is 36.7. The summed E-state index contributed by atoms with van der Waals surface area (Å²) in [5.74, 6) is -1.59. The van der Waals surface area contributed by atoms with Gasteiger partial charge in [0.05, 0.1) is 39.1 Å². The van der Waals surface area contributed by atoms with E-state index in [0.29, 0.717) is 18.3 Å². The Hall–Kier alpha value is 0.260. The van der Waals surface area contributed by atoms with E-state index in [1.165, 1.54) is 57.8 Å². The van der Waals surface area contributed by atoms with Crippen LogP contribution in [0.3, 0.4) is 0 Å². The number of aliphatic hydroxyl groups is 12. The Labute approximate surface area is 399 Å². The summed E-state index contributed by atoms with van der Waals surface area (Å²) in [5, 5.41) is 116. The van der Waals surface area contributed by atoms with Gasteiger partial charge in [0.25, 0.3) is 0 Å². The molecule has 7 unspecified atom stereocenters. The van der Waals surface area contributed by atoms with Crippen molar-refractivity contribution in [1.82, 2.24) is 0 Å². The Kier molecular flexibility index (Phi) is 67.0. The Balaban J connectivity index is -0.0000000940. The molecule has 60 heavy (non-hydrogen) atoms. The molecule has 14 N–H and O–H groups in total. The first-order valence-corrected chi connectivity index (χ1v) is 20.7. The van der Waals surface area contributed by atoms with Gasteiger partial charge in [0.2, 0.25) is 10.4 Å². The molecular weight excluding hydrogens is 849 g/mol. The number of carboxylic acids is 2. The molecule has 1 aliphatic carbocycles. The Morgan fingerprint density at radius 3 is 1.28 bits per heavy atom. The molecular formula is C36H77FNa2O20S. The number of halogens is 1. The average Bonchev–Trinajstić information content (AvgIpc) is 3.15. The number of rotatable bonds is 22. The first-order valence-electron chi connectivity index (χ1n) is 19.4. The van der Waals surface area contributed by atoms with Gasteiger partial charge < -0.3 is 80.7 Å². The van der Waals surface area contributed by atoms with E-state index in [9.17, 15) is 27.7 Å². The van der Waals surface area contributed by atoms with Gasteiger partial charge in [0.15, 0.2) is 12.2 Å². The number of carboxylic acid groups (broad SMARTS) is 2. The van der Waals surface area contributed by atoms with E-state index in [4.69, 9.17) is 66.4 Å². The molecule has 0 saturated heterocycles. The standard InChI is InChI=1S/C12H26O4S.C10H20O.C5H12O5.C4H6O6.C3H8O3.C2H6O.FH.2Na/c1-2-3-4-5-6-7-8-9-10-11-12-16-17(13,14)15;1-7(2)9-5-4-8(3)6-10(9)11;6-1-3(8)5(10)4(9)2-7;5-1(3(7)8)2(6)4(9)10;4-1-3(6)2-5;1-2-3;;;/h2-12H2,1H3,(H,13,14,15);7-11H,4-6H2,1-3H3;3-10H,1-2H2;1-2,5-6H,(H,7,8)(H,9,10);3-6H,1-2H2;3H,2H2,1H3;1H;;/q;;;;;;;2*+1/p-2. The predicted octanol–water partition coefficient (Wildman–Crippen LogP) is -9.90. The first-order chi connectivity index (χ1) is 26.5. The van der Waals surface area contributed by atoms with Crippen LogP contribution in [0.5, 0.6) is 0 Å². The van der Waals surface area contributed by atoms with Gasteiger partial charge in [-0.1, -0.05) is 91.9 Å². The number of aliphatic hydroxyl groups excluding tert-OH is 12. The molecule has 24 heteroatoms. The summed E-state index contributed by atoms with van der Waals surface area (Å²) < 4.78 is 34.5. The minimum atomic E-state index is -4.48. The predicted molar refractivity (Wildman–Crippen MR) is 207 cm³/mol. The van der Waals surface area contributed by atoms with Gasteiger partial charge in [-0.2, -0.15) is 0 Å². The van der Waals surface area contributed by atoms with Crippen LogP contribution in [0, 0.1) is 17.8 Å². The molecule has 0 aromatic heterocycles. The SMILES string of the molecule is CC1CCC(C(C)C)C(O)C1.CCCCCCCCCCCCOS(=O)(=O)[O-].CCO.O=C(O)C(O)C(O)C(=O)O.OCC(O)C(O)C(O)CO.OCC(O)CO.[F-].[Na+].[Na+]. The van der Waals surface area contributed by atoms with Gasteiger partial charge in [-0.25, -0.2) is 18.0 Å². The molecule has 0 aromatic rings. The number of hydrogen-bond donors (Lipinski definition) is 14. The molecule has 1 saturated carbocycles. The van der Waals surface area contributed by atoms with Crippen molar-refractivity contribution in [3.05, 3.63) is 0 Å². The molecule has 0 radical (unpaired) electrons. The van der Waals surface area contributed by atoms with Crippen LogP contribution in [-0.2, 0) is 24.2 Å². The molecule has 7 atom stereocenters. The van der Waals surface area contributed by atoms with Crippen LogP contribution in [0.25, 0.3) is 0 Å². The maximum Gasteiger partial charge on any atom is 1.00 e. The van der Waals surface area contributed by atoms with Crippen LogP contribution < -0.4 is 63.8 Å². The summed E-state index contributed by atoms with van der Waals surface area (Å²) in [5.41, 5.74) is 0. The van der Waals surface area contributed by atoms with Crippen molar-refractivity contribution in [2.75, 3.05) is 39.6 Å². The Morgan fingerprint density at radius 2 is 1.03 bits per heavy atom. The van der Waals surface area contributed by atoms with Gasteiger partial charge in [-0.15, -0.1) is 0 Å². The van der Waals surface area contributed by atoms with Gasteiger partial charge in [-0.3, -0.25) is 4.18 Å². The molecule has 356 valence electrons. The van der Waals surface area contributed by atoms with Gasteiger partial charge in [0, 0.05) is 6.61 Å². The zero-order valence-corrected chi connectivity index (χ0v) is 41.5. The second-order valence-corrected chi connectivity index (χ2v) is 14.7. The van der Waals surface area contributed by atoms with Crippen molar-refractivity contribution in [3.8, 4) is 0 Å². The van der Waals surface area contributed by atoms with E-state index < -0.39 is 72.2 Å². The Bertz CT molecular complexity index is 977. The minimum Gasteiger partial charge on any atom is -1.00 e. The van der Waals surface area contributed by atoms with E-state index in [1.807, 2.05) is 0 Å². The second kappa shape index (κ2) is 51.9. The molecule has 1 rings (SSSR count). The van der Waals surface area contributed by atoms with E-state index in [0.717, 1.165) is 25.2 Å². The molecule has 0 amide bonds. The summed E-state index contributed by atoms with van der Waals surface area (Å²) >= 11 is 0. The Morgan fingerprint density at radius 1 is 0.683 bits per heavy atom. The summed E-state index contributed by atoms with van der Waals surface area (Å²) in [6, 6.07) is 0. The third-order valence-corrected chi connectivity index (χ3v) is 8.56. The fourth-order valence-corrected chi connectivity index (χ4v) is 5.02. The normalized spacial score (nSPS) is 17.9. The topological polar surface area (TPSA) is 384 Å². The average molecular weight is 927 g/mol. The van der Waals surface area contributed by atoms with Crippen LogP contribution >= 0.6 is 0 Å². The van der Waals surface area contributed by atoms with Crippen LogP contribution in [0.2, 0.25) is 0 Å². The second-order valence-electron chi connectivity index (χ2n) is 13.7. The zero-order chi connectivity index (χ0) is 45.6. The molecule has 1 aliphatic rings. The molecule has 0 heterocycles. The summed E-state index contributed by atoms with van der Waals surface area (Å²) in [7, 11) is -4.48. The number of hydrogen-bond acceptors (Lipinski definition) is 18. The van der Waals surface area contributed by atoms with Gasteiger partial charge in [-0.05, 0) is 43.9 Å². The minimum absolute atomic E-state index is 0. The fraction of sp³-hybridized carbons (Fsp3) is 0.944. The largest absolute Gasteiger partial charge is 1.00 e. The van der Waals surface area contributed by atoms with Crippen LogP contribution in [0.1, 0.15) is 118 Å². The third kappa shape index (κ3) is 54.4. The number of carbonyl (C=O) groups is 2. The summed E-state index contributed by atoms with van der Waals surface area (Å²) in [6.07, 6.45) is 5.44. The third-order valence-electron chi connectivity index (χ3n) is 8.10. The maximum atomic E-state index is 10.1. The summed E-state index contributed by atoms with van der Waals surface area (Å²) in [6.45, 7) is 8.82. The monoisotopic (exact) mass is 926 g/mol. The number of unbranched alkanes of at least 4 members (excludes halogenated alkanes) is 9. The molecule has 20 nitrogen and oxygen atoms in total. The summed E-state index contributed by atoms with van der Waals surface area (Å²) in [4.78, 5) is 19.5. The van der Waals surface area contributed by atoms with Crippen molar-refractivity contribution in [2.45, 2.75) is 161 Å². The molecule has 0 bridgehead atoms. The fourth-order valence-electron chi connectivity index (χ4n) is 4.70. The molecule has 0 spiro atoms.